The van der Waals surface area contributed by atoms with Crippen LogP contribution in [0, 0.1) is 0 Å². The van der Waals surface area contributed by atoms with Crippen LogP contribution >= 0.6 is 0 Å². The van der Waals surface area contributed by atoms with Crippen LogP contribution in [0.4, 0.5) is 0 Å². The number of nitrogens with zero attached hydrogens (tertiary/aromatic N) is 4. The predicted octanol–water partition coefficient (Wildman–Crippen LogP) is -1.70. The molecule has 3 rings (SSSR count). The summed E-state index contributed by atoms with van der Waals surface area (Å²) in [7, 11) is 1.42. The quantitative estimate of drug-likeness (QED) is 0.643. The van der Waals surface area contributed by atoms with Crippen molar-refractivity contribution in [3.63, 3.8) is 0 Å². The first-order valence-electron chi connectivity index (χ1n) is 6.80. The third-order valence-electron chi connectivity index (χ3n) is 3.83. The van der Waals surface area contributed by atoms with Gasteiger partial charge in [-0.3, -0.25) is 19.3 Å². The van der Waals surface area contributed by atoms with Crippen LogP contribution in [0.5, 0.6) is 0 Å². The SMILES string of the molecule is CN1C(=O)CCC(NC(=O)c2cn(C3CNC3)nn2)C1=O. The molecule has 1 aromatic heterocycles. The van der Waals surface area contributed by atoms with Gasteiger partial charge in [-0.1, -0.05) is 5.21 Å². The molecule has 1 unspecified atom stereocenters. The molecular weight excluding hydrogens is 276 g/mol. The van der Waals surface area contributed by atoms with E-state index in [0.717, 1.165) is 18.0 Å². The Morgan fingerprint density at radius 3 is 2.86 bits per heavy atom. The zero-order chi connectivity index (χ0) is 15.0. The molecule has 2 aliphatic rings. The highest BCUT2D eigenvalue weighted by Gasteiger charge is 2.33. The van der Waals surface area contributed by atoms with Crippen molar-refractivity contribution in [3.05, 3.63) is 11.9 Å². The van der Waals surface area contributed by atoms with Gasteiger partial charge in [-0.05, 0) is 6.42 Å². The van der Waals surface area contributed by atoms with Gasteiger partial charge in [0.25, 0.3) is 11.8 Å². The summed E-state index contributed by atoms with van der Waals surface area (Å²) in [6, 6.07) is -0.463. The lowest BCUT2D eigenvalue weighted by atomic mass is 10.0. The molecule has 112 valence electrons. The van der Waals surface area contributed by atoms with Gasteiger partial charge in [0.15, 0.2) is 5.69 Å². The van der Waals surface area contributed by atoms with Crippen LogP contribution in [0.3, 0.4) is 0 Å². The van der Waals surface area contributed by atoms with Crippen molar-refractivity contribution in [1.82, 2.24) is 30.5 Å². The Morgan fingerprint density at radius 1 is 1.43 bits per heavy atom. The monoisotopic (exact) mass is 292 g/mol. The van der Waals surface area contributed by atoms with Crippen molar-refractivity contribution >= 4 is 17.7 Å². The summed E-state index contributed by atoms with van der Waals surface area (Å²) < 4.78 is 1.64. The lowest BCUT2D eigenvalue weighted by Crippen LogP contribution is -2.53. The maximum absolute atomic E-state index is 12.1. The summed E-state index contributed by atoms with van der Waals surface area (Å²) in [4.78, 5) is 36.4. The zero-order valence-electron chi connectivity index (χ0n) is 11.6. The number of hydrogen-bond acceptors (Lipinski definition) is 6. The topological polar surface area (TPSA) is 109 Å². The van der Waals surface area contributed by atoms with E-state index < -0.39 is 17.9 Å². The number of likely N-dealkylation sites (tertiary alicyclic amines) is 1. The van der Waals surface area contributed by atoms with E-state index in [4.69, 9.17) is 0 Å². The van der Waals surface area contributed by atoms with E-state index in [1.165, 1.54) is 7.05 Å². The zero-order valence-corrected chi connectivity index (χ0v) is 11.6. The lowest BCUT2D eigenvalue weighted by molar-refractivity contribution is -0.147. The molecule has 0 bridgehead atoms. The van der Waals surface area contributed by atoms with Crippen molar-refractivity contribution in [2.24, 2.45) is 0 Å². The summed E-state index contributed by atoms with van der Waals surface area (Å²) in [5.41, 5.74) is 0.175. The molecule has 0 spiro atoms. The van der Waals surface area contributed by atoms with E-state index in [9.17, 15) is 14.4 Å². The molecule has 9 nitrogen and oxygen atoms in total. The number of piperidine rings is 1. The number of aromatic nitrogens is 3. The Hall–Kier alpha value is -2.29. The second kappa shape index (κ2) is 5.24. The van der Waals surface area contributed by atoms with Crippen LogP contribution in [0.2, 0.25) is 0 Å². The standard InChI is InChI=1S/C12H16N6O3/c1-17-10(19)3-2-8(12(17)21)14-11(20)9-6-18(16-15-9)7-4-13-5-7/h6-8,13H,2-5H2,1H3,(H,14,20). The number of imide groups is 1. The molecular formula is C12H16N6O3. The second-order valence-electron chi connectivity index (χ2n) is 5.25. The summed E-state index contributed by atoms with van der Waals surface area (Å²) in [5.74, 6) is -1.07. The molecule has 2 saturated heterocycles. The maximum Gasteiger partial charge on any atom is 0.274 e. The smallest absolute Gasteiger partial charge is 0.274 e. The Balaban J connectivity index is 1.64. The highest BCUT2D eigenvalue weighted by molar-refractivity contribution is 6.03. The molecule has 1 aromatic rings. The van der Waals surface area contributed by atoms with Gasteiger partial charge in [0, 0.05) is 26.6 Å². The van der Waals surface area contributed by atoms with Gasteiger partial charge in [-0.2, -0.15) is 0 Å². The number of nitrogens with one attached hydrogen (secondary N) is 2. The largest absolute Gasteiger partial charge is 0.339 e. The minimum Gasteiger partial charge on any atom is -0.339 e. The van der Waals surface area contributed by atoms with Crippen molar-refractivity contribution < 1.29 is 14.4 Å². The average Bonchev–Trinajstić information content (AvgIpc) is 2.87. The van der Waals surface area contributed by atoms with Gasteiger partial charge in [0.05, 0.1) is 12.2 Å². The van der Waals surface area contributed by atoms with Crippen molar-refractivity contribution in [1.29, 1.82) is 0 Å². The molecule has 3 heterocycles. The molecule has 0 aromatic carbocycles. The molecule has 3 amide bonds. The van der Waals surface area contributed by atoms with Gasteiger partial charge in [-0.15, -0.1) is 5.10 Å². The van der Waals surface area contributed by atoms with E-state index >= 15 is 0 Å². The fourth-order valence-electron chi connectivity index (χ4n) is 2.30. The van der Waals surface area contributed by atoms with Gasteiger partial charge in [0.1, 0.15) is 6.04 Å². The minimum absolute atomic E-state index is 0.175. The van der Waals surface area contributed by atoms with E-state index in [1.54, 1.807) is 10.9 Å². The number of likely N-dealkylation sites (N-methyl/N-ethyl adjacent to an activating group) is 1. The van der Waals surface area contributed by atoms with Gasteiger partial charge in [-0.25, -0.2) is 4.68 Å². The third kappa shape index (κ3) is 2.51. The summed E-state index contributed by atoms with van der Waals surface area (Å²) in [6.07, 6.45) is 2.13. The third-order valence-corrected chi connectivity index (χ3v) is 3.83. The minimum atomic E-state index is -0.685. The van der Waals surface area contributed by atoms with Gasteiger partial charge >= 0.3 is 0 Å². The molecule has 2 N–H and O–H groups in total. The Kier molecular flexibility index (Phi) is 3.42. The first-order chi connectivity index (χ1) is 10.1. The van der Waals surface area contributed by atoms with E-state index in [1.807, 2.05) is 0 Å². The molecule has 0 radical (unpaired) electrons. The normalized spacial score (nSPS) is 23.1. The van der Waals surface area contributed by atoms with Crippen LogP contribution in [0.1, 0.15) is 29.4 Å². The lowest BCUT2D eigenvalue weighted by Gasteiger charge is -2.27. The number of rotatable bonds is 3. The molecule has 9 heteroatoms. The highest BCUT2D eigenvalue weighted by atomic mass is 16.2. The molecule has 1 atom stereocenters. The number of carbonyl (C=O) groups excluding carboxylic acids is 3. The van der Waals surface area contributed by atoms with Crippen molar-refractivity contribution in [2.75, 3.05) is 20.1 Å². The number of hydrogen-bond donors (Lipinski definition) is 2. The molecule has 21 heavy (non-hydrogen) atoms. The highest BCUT2D eigenvalue weighted by Crippen LogP contribution is 2.13. The van der Waals surface area contributed by atoms with E-state index in [2.05, 4.69) is 20.9 Å². The fraction of sp³-hybridized carbons (Fsp3) is 0.583. The first-order valence-corrected chi connectivity index (χ1v) is 6.80. The van der Waals surface area contributed by atoms with Crippen LogP contribution in [0.15, 0.2) is 6.20 Å². The summed E-state index contributed by atoms with van der Waals surface area (Å²) in [5, 5.41) is 13.5. The Bertz CT molecular complexity index is 594. The van der Waals surface area contributed by atoms with Crippen molar-refractivity contribution in [2.45, 2.75) is 24.9 Å². The van der Waals surface area contributed by atoms with Crippen molar-refractivity contribution in [3.8, 4) is 0 Å². The summed E-state index contributed by atoms with van der Waals surface area (Å²) in [6.45, 7) is 1.61. The Labute approximate surface area is 120 Å². The first kappa shape index (κ1) is 13.7. The van der Waals surface area contributed by atoms with E-state index in [-0.39, 0.29) is 24.1 Å². The number of carbonyl (C=O) groups is 3. The van der Waals surface area contributed by atoms with Crippen LogP contribution in [-0.4, -0.2) is 63.8 Å². The van der Waals surface area contributed by atoms with E-state index in [0.29, 0.717) is 6.42 Å². The molecule has 2 aliphatic heterocycles. The molecule has 0 aliphatic carbocycles. The second-order valence-corrected chi connectivity index (χ2v) is 5.25. The molecule has 0 saturated carbocycles. The van der Waals surface area contributed by atoms with Crippen LogP contribution in [-0.2, 0) is 9.59 Å². The van der Waals surface area contributed by atoms with Gasteiger partial charge < -0.3 is 10.6 Å². The van der Waals surface area contributed by atoms with Crippen LogP contribution in [0.25, 0.3) is 0 Å². The predicted molar refractivity (Wildman–Crippen MR) is 70.2 cm³/mol. The summed E-state index contributed by atoms with van der Waals surface area (Å²) >= 11 is 0. The van der Waals surface area contributed by atoms with Crippen LogP contribution < -0.4 is 10.6 Å². The number of amides is 3. The maximum atomic E-state index is 12.1. The Morgan fingerprint density at radius 2 is 2.19 bits per heavy atom. The molecule has 2 fully saturated rings. The van der Waals surface area contributed by atoms with Gasteiger partial charge in [0.2, 0.25) is 5.91 Å². The average molecular weight is 292 g/mol. The fourth-order valence-corrected chi connectivity index (χ4v) is 2.30.